The monoisotopic (exact) mass is 199 g/mol. The number of thiophene rings is 1. The molecule has 72 valence electrons. The molecule has 1 heterocycles. The van der Waals surface area contributed by atoms with E-state index < -0.39 is 0 Å². The minimum atomic E-state index is -0.270. The maximum absolute atomic E-state index is 11.2. The average Bonchev–Trinajstić information content (AvgIpc) is 2.57. The fourth-order valence-corrected chi connectivity index (χ4v) is 1.61. The van der Waals surface area contributed by atoms with E-state index in [9.17, 15) is 4.79 Å². The Morgan fingerprint density at radius 2 is 2.46 bits per heavy atom. The molecule has 1 aromatic rings. The van der Waals surface area contributed by atoms with Crippen molar-refractivity contribution in [2.24, 2.45) is 0 Å². The predicted octanol–water partition coefficient (Wildman–Crippen LogP) is 2.34. The summed E-state index contributed by atoms with van der Waals surface area (Å²) in [5, 5.41) is 4.02. The van der Waals surface area contributed by atoms with Crippen LogP contribution in [0.25, 0.3) is 0 Å². The van der Waals surface area contributed by atoms with Crippen molar-refractivity contribution < 1.29 is 9.53 Å². The Hall–Kier alpha value is -1.03. The number of nitrogens with zero attached hydrogens (tertiary/aromatic N) is 1. The van der Waals surface area contributed by atoms with Gasteiger partial charge >= 0.3 is 6.09 Å². The van der Waals surface area contributed by atoms with Gasteiger partial charge in [-0.2, -0.15) is 11.3 Å². The van der Waals surface area contributed by atoms with Crippen molar-refractivity contribution in [3.8, 4) is 0 Å². The smallest absolute Gasteiger partial charge is 0.409 e. The molecule has 13 heavy (non-hydrogen) atoms. The van der Waals surface area contributed by atoms with Crippen molar-refractivity contribution in [3.05, 3.63) is 22.4 Å². The van der Waals surface area contributed by atoms with E-state index >= 15 is 0 Å². The Morgan fingerprint density at radius 1 is 1.69 bits per heavy atom. The van der Waals surface area contributed by atoms with Crippen LogP contribution in [-0.4, -0.2) is 24.6 Å². The lowest BCUT2D eigenvalue weighted by Gasteiger charge is -2.15. The first-order valence-corrected chi connectivity index (χ1v) is 5.07. The Balaban J connectivity index is 2.41. The first-order valence-electron chi connectivity index (χ1n) is 4.13. The van der Waals surface area contributed by atoms with E-state index in [4.69, 9.17) is 4.74 Å². The minimum absolute atomic E-state index is 0.270. The summed E-state index contributed by atoms with van der Waals surface area (Å²) in [5.74, 6) is 0. The average molecular weight is 199 g/mol. The van der Waals surface area contributed by atoms with E-state index in [2.05, 4.69) is 0 Å². The summed E-state index contributed by atoms with van der Waals surface area (Å²) in [7, 11) is 1.73. The SMILES string of the molecule is CCOC(=O)N(C)Cc1ccsc1. The van der Waals surface area contributed by atoms with Crippen LogP contribution in [0.3, 0.4) is 0 Å². The zero-order chi connectivity index (χ0) is 9.68. The van der Waals surface area contributed by atoms with Gasteiger partial charge in [0.15, 0.2) is 0 Å². The van der Waals surface area contributed by atoms with Gasteiger partial charge in [-0.25, -0.2) is 4.79 Å². The van der Waals surface area contributed by atoms with Crippen molar-refractivity contribution >= 4 is 17.4 Å². The van der Waals surface area contributed by atoms with Gasteiger partial charge in [0.05, 0.1) is 6.61 Å². The van der Waals surface area contributed by atoms with Crippen LogP contribution in [0, 0.1) is 0 Å². The minimum Gasteiger partial charge on any atom is -0.450 e. The summed E-state index contributed by atoms with van der Waals surface area (Å²) < 4.78 is 4.84. The van der Waals surface area contributed by atoms with Gasteiger partial charge in [0.1, 0.15) is 0 Å². The molecule has 1 amide bonds. The van der Waals surface area contributed by atoms with Crippen LogP contribution in [0.2, 0.25) is 0 Å². The summed E-state index contributed by atoms with van der Waals surface area (Å²) in [6.07, 6.45) is -0.270. The van der Waals surface area contributed by atoms with E-state index in [0.717, 1.165) is 5.56 Å². The zero-order valence-corrected chi connectivity index (χ0v) is 8.63. The number of hydrogen-bond acceptors (Lipinski definition) is 3. The van der Waals surface area contributed by atoms with Crippen LogP contribution < -0.4 is 0 Å². The maximum atomic E-state index is 11.2. The maximum Gasteiger partial charge on any atom is 0.409 e. The molecule has 0 spiro atoms. The normalized spacial score (nSPS) is 9.69. The van der Waals surface area contributed by atoms with Crippen molar-refractivity contribution in [2.75, 3.05) is 13.7 Å². The largest absolute Gasteiger partial charge is 0.450 e. The molecule has 1 rings (SSSR count). The first kappa shape index (κ1) is 10.1. The third-order valence-corrected chi connectivity index (χ3v) is 2.31. The van der Waals surface area contributed by atoms with Crippen LogP contribution in [0.15, 0.2) is 16.8 Å². The van der Waals surface area contributed by atoms with Gasteiger partial charge in [-0.3, -0.25) is 0 Å². The Bertz CT molecular complexity index is 259. The lowest BCUT2D eigenvalue weighted by molar-refractivity contribution is 0.114. The molecule has 0 unspecified atom stereocenters. The van der Waals surface area contributed by atoms with Crippen LogP contribution in [-0.2, 0) is 11.3 Å². The molecule has 4 heteroatoms. The molecule has 3 nitrogen and oxygen atoms in total. The Morgan fingerprint density at radius 3 is 3.00 bits per heavy atom. The number of amides is 1. The third-order valence-electron chi connectivity index (χ3n) is 1.58. The second-order valence-corrected chi connectivity index (χ2v) is 3.47. The van der Waals surface area contributed by atoms with E-state index in [0.29, 0.717) is 13.2 Å². The lowest BCUT2D eigenvalue weighted by Crippen LogP contribution is -2.26. The summed E-state index contributed by atoms with van der Waals surface area (Å²) in [4.78, 5) is 12.7. The number of rotatable bonds is 3. The molecule has 1 aromatic heterocycles. The number of carbonyl (C=O) groups is 1. The highest BCUT2D eigenvalue weighted by Crippen LogP contribution is 2.08. The topological polar surface area (TPSA) is 29.5 Å². The quantitative estimate of drug-likeness (QED) is 0.747. The van der Waals surface area contributed by atoms with E-state index in [-0.39, 0.29) is 6.09 Å². The molecular weight excluding hydrogens is 186 g/mol. The van der Waals surface area contributed by atoms with Crippen molar-refractivity contribution in [1.82, 2.24) is 4.90 Å². The van der Waals surface area contributed by atoms with Gasteiger partial charge in [0.2, 0.25) is 0 Å². The predicted molar refractivity (Wildman–Crippen MR) is 52.8 cm³/mol. The molecule has 0 atom stereocenters. The van der Waals surface area contributed by atoms with Crippen LogP contribution in [0.5, 0.6) is 0 Å². The van der Waals surface area contributed by atoms with E-state index in [1.165, 1.54) is 0 Å². The molecule has 0 radical (unpaired) electrons. The highest BCUT2D eigenvalue weighted by molar-refractivity contribution is 7.07. The van der Waals surface area contributed by atoms with Gasteiger partial charge in [0.25, 0.3) is 0 Å². The number of hydrogen-bond donors (Lipinski definition) is 0. The van der Waals surface area contributed by atoms with Crippen LogP contribution >= 0.6 is 11.3 Å². The fraction of sp³-hybridized carbons (Fsp3) is 0.444. The summed E-state index contributed by atoms with van der Waals surface area (Å²) >= 11 is 1.63. The molecular formula is C9H13NO2S. The van der Waals surface area contributed by atoms with Gasteiger partial charge in [-0.05, 0) is 29.3 Å². The summed E-state index contributed by atoms with van der Waals surface area (Å²) in [6, 6.07) is 2.00. The molecule has 0 aliphatic carbocycles. The van der Waals surface area contributed by atoms with Crippen molar-refractivity contribution in [2.45, 2.75) is 13.5 Å². The van der Waals surface area contributed by atoms with E-state index in [1.54, 1.807) is 30.2 Å². The molecule has 0 aliphatic rings. The highest BCUT2D eigenvalue weighted by Gasteiger charge is 2.08. The number of carbonyl (C=O) groups excluding carboxylic acids is 1. The summed E-state index contributed by atoms with van der Waals surface area (Å²) in [5.41, 5.74) is 1.14. The van der Waals surface area contributed by atoms with Gasteiger partial charge in [0, 0.05) is 13.6 Å². The Labute approximate surface area is 81.9 Å². The van der Waals surface area contributed by atoms with Crippen molar-refractivity contribution in [1.29, 1.82) is 0 Å². The number of ether oxygens (including phenoxy) is 1. The zero-order valence-electron chi connectivity index (χ0n) is 7.82. The molecule has 0 saturated carbocycles. The molecule has 0 bridgehead atoms. The molecule has 0 saturated heterocycles. The van der Waals surface area contributed by atoms with Crippen LogP contribution in [0.1, 0.15) is 12.5 Å². The third kappa shape index (κ3) is 3.06. The molecule has 0 fully saturated rings. The second kappa shape index (κ2) is 4.87. The molecule has 0 aliphatic heterocycles. The highest BCUT2D eigenvalue weighted by atomic mass is 32.1. The van der Waals surface area contributed by atoms with Gasteiger partial charge in [-0.1, -0.05) is 0 Å². The van der Waals surface area contributed by atoms with Gasteiger partial charge in [-0.15, -0.1) is 0 Å². The standard InChI is InChI=1S/C9H13NO2S/c1-3-12-9(11)10(2)6-8-4-5-13-7-8/h4-5,7H,3,6H2,1-2H3. The van der Waals surface area contributed by atoms with Gasteiger partial charge < -0.3 is 9.64 Å². The van der Waals surface area contributed by atoms with Crippen LogP contribution in [0.4, 0.5) is 4.79 Å². The van der Waals surface area contributed by atoms with E-state index in [1.807, 2.05) is 16.8 Å². The molecule has 0 aromatic carbocycles. The molecule has 0 N–H and O–H groups in total. The summed E-state index contributed by atoms with van der Waals surface area (Å²) in [6.45, 7) is 2.84. The fourth-order valence-electron chi connectivity index (χ4n) is 0.955. The Kier molecular flexibility index (Phi) is 3.76. The second-order valence-electron chi connectivity index (χ2n) is 2.69. The lowest BCUT2D eigenvalue weighted by atomic mass is 10.3. The first-order chi connectivity index (χ1) is 6.24. The van der Waals surface area contributed by atoms with Crippen molar-refractivity contribution in [3.63, 3.8) is 0 Å².